The molecule has 3 aromatic carbocycles. The average Bonchev–Trinajstić information content (AvgIpc) is 3.53. The first-order valence-electron chi connectivity index (χ1n) is 15.3. The number of allylic oxidation sites excluding steroid dienone is 1. The summed E-state index contributed by atoms with van der Waals surface area (Å²) in [6, 6.07) is 26.2. The topological polar surface area (TPSA) is 48.7 Å². The lowest BCUT2D eigenvalue weighted by atomic mass is 9.89. The van der Waals surface area contributed by atoms with Crippen LogP contribution >= 0.6 is 0 Å². The number of hydrogen-bond acceptors (Lipinski definition) is 3. The molecule has 2 aliphatic rings. The molecule has 5 heteroatoms. The first-order valence-corrected chi connectivity index (χ1v) is 15.3. The number of carbonyl (C=O) groups is 1. The summed E-state index contributed by atoms with van der Waals surface area (Å²) < 4.78 is 2.25. The number of phenols is 1. The van der Waals surface area contributed by atoms with Crippen LogP contribution in [0, 0.1) is 12.8 Å². The molecule has 216 valence electrons. The number of aromatic hydroxyl groups is 1. The van der Waals surface area contributed by atoms with E-state index in [1.54, 1.807) is 12.1 Å². The number of fused-ring (bicyclic) bond motifs is 1. The Hall–Kier alpha value is -4.09. The van der Waals surface area contributed by atoms with E-state index in [-0.39, 0.29) is 11.7 Å². The predicted octanol–water partition coefficient (Wildman–Crippen LogP) is 7.40. The molecule has 1 N–H and O–H groups in total. The first-order chi connectivity index (χ1) is 20.5. The van der Waals surface area contributed by atoms with Crippen molar-refractivity contribution in [3.8, 4) is 16.9 Å². The van der Waals surface area contributed by atoms with Crippen molar-refractivity contribution < 1.29 is 9.90 Å². The highest BCUT2D eigenvalue weighted by Crippen LogP contribution is 2.36. The van der Waals surface area contributed by atoms with Gasteiger partial charge in [-0.3, -0.25) is 4.79 Å². The number of aromatic nitrogens is 1. The summed E-state index contributed by atoms with van der Waals surface area (Å²) in [6.45, 7) is 9.21. The number of rotatable bonds is 7. The smallest absolute Gasteiger partial charge is 0.258 e. The molecular weight excluding hydrogens is 518 g/mol. The molecule has 1 fully saturated rings. The number of hydrogen-bond donors (Lipinski definition) is 1. The number of likely N-dealkylation sites (tertiary alicyclic amines) is 1. The van der Waals surface area contributed by atoms with Crippen LogP contribution in [0.2, 0.25) is 0 Å². The van der Waals surface area contributed by atoms with E-state index in [1.165, 1.54) is 11.1 Å². The van der Waals surface area contributed by atoms with Gasteiger partial charge in [0, 0.05) is 49.7 Å². The highest BCUT2D eigenvalue weighted by atomic mass is 16.3. The maximum atomic E-state index is 14.7. The van der Waals surface area contributed by atoms with Gasteiger partial charge in [0.25, 0.3) is 5.91 Å². The Morgan fingerprint density at radius 2 is 1.60 bits per heavy atom. The highest BCUT2D eigenvalue weighted by Gasteiger charge is 2.31. The molecule has 1 unspecified atom stereocenters. The molecule has 0 aliphatic carbocycles. The third-order valence-corrected chi connectivity index (χ3v) is 9.01. The van der Waals surface area contributed by atoms with E-state index >= 15 is 0 Å². The fraction of sp³-hybridized carbons (Fsp3) is 0.324. The van der Waals surface area contributed by atoms with Crippen LogP contribution in [0.5, 0.6) is 5.75 Å². The fourth-order valence-electron chi connectivity index (χ4n) is 6.67. The standard InChI is InChI=1S/C37H41N3O2/c1-27-8-3-4-10-34(27)36-28(2)11-12-31-13-14-32(30-15-17-33(41)18-16-30)24-35(31)37(42)40(36)26-29-9-7-21-39(25-29)23-22-38-19-5-6-20-38/h3-6,8,10,13-20,24,29,41H,7,9,11-12,21-23,25-26H2,1-2H3/b36-28+. The molecule has 0 spiro atoms. The number of phenolic OH excluding ortho intramolecular Hbond substituents is 1. The van der Waals surface area contributed by atoms with Crippen LogP contribution < -0.4 is 0 Å². The Labute approximate surface area is 249 Å². The maximum Gasteiger partial charge on any atom is 0.258 e. The molecular formula is C37H41N3O2. The predicted molar refractivity (Wildman–Crippen MR) is 170 cm³/mol. The third kappa shape index (κ3) is 6.07. The van der Waals surface area contributed by atoms with E-state index in [0.29, 0.717) is 12.5 Å². The van der Waals surface area contributed by atoms with Crippen LogP contribution in [0.1, 0.15) is 53.2 Å². The number of piperidine rings is 1. The Morgan fingerprint density at radius 1 is 0.833 bits per heavy atom. The van der Waals surface area contributed by atoms with Gasteiger partial charge in [-0.1, -0.05) is 48.5 Å². The molecule has 5 nitrogen and oxygen atoms in total. The lowest BCUT2D eigenvalue weighted by molar-refractivity contribution is 0.0776. The Morgan fingerprint density at radius 3 is 2.38 bits per heavy atom. The first kappa shape index (κ1) is 28.0. The lowest BCUT2D eigenvalue weighted by Gasteiger charge is -2.38. The van der Waals surface area contributed by atoms with Gasteiger partial charge in [0.1, 0.15) is 5.75 Å². The minimum absolute atomic E-state index is 0.0902. The van der Waals surface area contributed by atoms with Gasteiger partial charge in [0.15, 0.2) is 0 Å². The van der Waals surface area contributed by atoms with Crippen LogP contribution in [0.15, 0.2) is 96.8 Å². The minimum Gasteiger partial charge on any atom is -0.508 e. The van der Waals surface area contributed by atoms with E-state index < -0.39 is 0 Å². The SMILES string of the molecule is C/C1=C(/c2ccccc2C)N(CC2CCCN(CCn3cccc3)C2)C(=O)c2cc(-c3ccc(O)cc3)ccc2CC1. The normalized spacial score (nSPS) is 19.8. The van der Waals surface area contributed by atoms with Gasteiger partial charge in [0.05, 0.1) is 5.70 Å². The summed E-state index contributed by atoms with van der Waals surface area (Å²) in [7, 11) is 0. The second-order valence-corrected chi connectivity index (χ2v) is 12.0. The Bertz CT molecular complexity index is 1570. The minimum atomic E-state index is 0.0902. The Balaban J connectivity index is 1.34. The van der Waals surface area contributed by atoms with Crippen LogP contribution in [0.4, 0.5) is 0 Å². The molecule has 0 bridgehead atoms. The summed E-state index contributed by atoms with van der Waals surface area (Å²) in [6.07, 6.45) is 8.29. The molecule has 3 heterocycles. The van der Waals surface area contributed by atoms with Crippen molar-refractivity contribution in [2.24, 2.45) is 5.92 Å². The molecule has 0 radical (unpaired) electrons. The van der Waals surface area contributed by atoms with Crippen molar-refractivity contribution in [2.45, 2.75) is 46.1 Å². The van der Waals surface area contributed by atoms with Gasteiger partial charge >= 0.3 is 0 Å². The molecule has 6 rings (SSSR count). The zero-order chi connectivity index (χ0) is 29.1. The Kier molecular flexibility index (Phi) is 8.29. The summed E-state index contributed by atoms with van der Waals surface area (Å²) in [5.74, 6) is 0.736. The zero-order valence-corrected chi connectivity index (χ0v) is 24.8. The van der Waals surface area contributed by atoms with Gasteiger partial charge in [-0.05, 0) is 110 Å². The molecule has 1 saturated heterocycles. The number of carbonyl (C=O) groups excluding carboxylic acids is 1. The monoisotopic (exact) mass is 559 g/mol. The van der Waals surface area contributed by atoms with Crippen molar-refractivity contribution in [3.05, 3.63) is 119 Å². The van der Waals surface area contributed by atoms with Crippen molar-refractivity contribution in [2.75, 3.05) is 26.2 Å². The van der Waals surface area contributed by atoms with Gasteiger partial charge in [-0.25, -0.2) is 0 Å². The fourth-order valence-corrected chi connectivity index (χ4v) is 6.67. The summed E-state index contributed by atoms with van der Waals surface area (Å²) >= 11 is 0. The number of nitrogens with zero attached hydrogens (tertiary/aromatic N) is 3. The van der Waals surface area contributed by atoms with Gasteiger partial charge in [0.2, 0.25) is 0 Å². The lowest BCUT2D eigenvalue weighted by Crippen LogP contribution is -2.43. The van der Waals surface area contributed by atoms with Gasteiger partial charge < -0.3 is 19.5 Å². The van der Waals surface area contributed by atoms with Gasteiger partial charge in [-0.2, -0.15) is 0 Å². The van der Waals surface area contributed by atoms with Crippen LogP contribution in [0.3, 0.4) is 0 Å². The van der Waals surface area contributed by atoms with Crippen molar-refractivity contribution in [1.29, 1.82) is 0 Å². The van der Waals surface area contributed by atoms with Crippen LogP contribution in [0.25, 0.3) is 16.8 Å². The molecule has 4 aromatic rings. The summed E-state index contributed by atoms with van der Waals surface area (Å²) in [5, 5.41) is 9.81. The molecule has 42 heavy (non-hydrogen) atoms. The molecule has 1 amide bonds. The van der Waals surface area contributed by atoms with Crippen LogP contribution in [-0.4, -0.2) is 51.6 Å². The maximum absolute atomic E-state index is 14.7. The molecule has 1 aromatic heterocycles. The zero-order valence-electron chi connectivity index (χ0n) is 24.8. The van der Waals surface area contributed by atoms with Crippen molar-refractivity contribution in [1.82, 2.24) is 14.4 Å². The largest absolute Gasteiger partial charge is 0.508 e. The van der Waals surface area contributed by atoms with Gasteiger partial charge in [-0.15, -0.1) is 0 Å². The average molecular weight is 560 g/mol. The number of benzene rings is 3. The highest BCUT2D eigenvalue weighted by molar-refractivity contribution is 6.02. The van der Waals surface area contributed by atoms with Crippen molar-refractivity contribution >= 4 is 11.6 Å². The molecule has 2 aliphatic heterocycles. The molecule has 1 atom stereocenters. The van der Waals surface area contributed by atoms with E-state index in [4.69, 9.17) is 0 Å². The third-order valence-electron chi connectivity index (χ3n) is 9.01. The second-order valence-electron chi connectivity index (χ2n) is 12.0. The summed E-state index contributed by atoms with van der Waals surface area (Å²) in [5.41, 5.74) is 8.59. The van der Waals surface area contributed by atoms with E-state index in [1.807, 2.05) is 12.1 Å². The van der Waals surface area contributed by atoms with E-state index in [0.717, 1.165) is 85.4 Å². The number of aryl methyl sites for hydroxylation is 2. The van der Waals surface area contributed by atoms with Crippen molar-refractivity contribution in [3.63, 3.8) is 0 Å². The van der Waals surface area contributed by atoms with Crippen LogP contribution in [-0.2, 0) is 13.0 Å². The van der Waals surface area contributed by atoms with E-state index in [2.05, 4.69) is 95.2 Å². The second kappa shape index (κ2) is 12.4. The summed E-state index contributed by atoms with van der Waals surface area (Å²) in [4.78, 5) is 19.4. The number of amides is 1. The quantitative estimate of drug-likeness (QED) is 0.257. The molecule has 0 saturated carbocycles. The van der Waals surface area contributed by atoms with E-state index in [9.17, 15) is 9.90 Å².